The molecule has 0 atom stereocenters. The second-order valence-electron chi connectivity index (χ2n) is 7.74. The van der Waals surface area contributed by atoms with Gasteiger partial charge < -0.3 is 9.73 Å². The van der Waals surface area contributed by atoms with Gasteiger partial charge >= 0.3 is 0 Å². The number of amides is 1. The molecule has 0 aliphatic rings. The molecule has 7 nitrogen and oxygen atoms in total. The van der Waals surface area contributed by atoms with Crippen molar-refractivity contribution in [1.29, 1.82) is 0 Å². The maximum atomic E-state index is 12.9. The van der Waals surface area contributed by atoms with Crippen LogP contribution in [-0.2, 0) is 0 Å². The first kappa shape index (κ1) is 19.0. The summed E-state index contributed by atoms with van der Waals surface area (Å²) < 4.78 is 7.66. The summed E-state index contributed by atoms with van der Waals surface area (Å²) in [4.78, 5) is 22.0. The van der Waals surface area contributed by atoms with Crippen molar-refractivity contribution >= 4 is 33.7 Å². The minimum atomic E-state index is -0.209. The number of hydrogen-bond acceptors (Lipinski definition) is 5. The quantitative estimate of drug-likeness (QED) is 0.429. The number of fused-ring (bicyclic) bond motifs is 2. The Kier molecular flexibility index (Phi) is 4.51. The highest BCUT2D eigenvalue weighted by molar-refractivity contribution is 6.06. The van der Waals surface area contributed by atoms with Crippen molar-refractivity contribution in [2.45, 2.75) is 26.8 Å². The molecule has 0 fully saturated rings. The third-order valence-electron chi connectivity index (χ3n) is 5.18. The molecule has 3 aromatic heterocycles. The molecule has 5 aromatic rings. The number of para-hydroxylation sites is 2. The van der Waals surface area contributed by atoms with E-state index in [1.54, 1.807) is 6.20 Å². The average molecular weight is 411 g/mol. The van der Waals surface area contributed by atoms with Crippen LogP contribution in [0.3, 0.4) is 0 Å². The van der Waals surface area contributed by atoms with E-state index in [4.69, 9.17) is 4.42 Å². The fourth-order valence-corrected chi connectivity index (χ4v) is 3.56. The fraction of sp³-hybridized carbons (Fsp3) is 0.167. The molecule has 0 saturated heterocycles. The molecule has 0 bridgehead atoms. The maximum Gasteiger partial charge on any atom is 0.257 e. The highest BCUT2D eigenvalue weighted by Crippen LogP contribution is 2.26. The molecule has 0 unspecified atom stereocenters. The van der Waals surface area contributed by atoms with Gasteiger partial charge in [-0.25, -0.2) is 14.6 Å². The monoisotopic (exact) mass is 411 g/mol. The Hall–Kier alpha value is -4.00. The van der Waals surface area contributed by atoms with E-state index in [9.17, 15) is 4.79 Å². The number of aryl methyl sites for hydroxylation is 1. The number of pyridine rings is 1. The van der Waals surface area contributed by atoms with E-state index < -0.39 is 0 Å². The first-order valence-corrected chi connectivity index (χ1v) is 10.1. The van der Waals surface area contributed by atoms with Crippen LogP contribution in [0.4, 0.5) is 5.69 Å². The summed E-state index contributed by atoms with van der Waals surface area (Å²) in [5.74, 6) is 0.338. The molecule has 2 aromatic carbocycles. The number of oxazole rings is 1. The van der Waals surface area contributed by atoms with Crippen molar-refractivity contribution in [1.82, 2.24) is 19.7 Å². The Bertz CT molecular complexity index is 1380. The van der Waals surface area contributed by atoms with Crippen LogP contribution in [-0.4, -0.2) is 25.7 Å². The summed E-state index contributed by atoms with van der Waals surface area (Å²) in [5, 5.41) is 8.17. The minimum Gasteiger partial charge on any atom is -0.436 e. The standard InChI is InChI=1S/C24H21N5O2/c1-14(2)29-22-17(13-25-29)12-19(15(3)26-22)23(30)27-18-10-8-16(9-11-18)24-28-20-6-4-5-7-21(20)31-24/h4-14H,1-3H3,(H,27,30). The zero-order valence-corrected chi connectivity index (χ0v) is 17.5. The van der Waals surface area contributed by atoms with Crippen LogP contribution in [0.5, 0.6) is 0 Å². The average Bonchev–Trinajstić information content (AvgIpc) is 3.37. The van der Waals surface area contributed by atoms with E-state index in [1.807, 2.05) is 66.2 Å². The largest absolute Gasteiger partial charge is 0.436 e. The molecular formula is C24H21N5O2. The van der Waals surface area contributed by atoms with Crippen molar-refractivity contribution in [3.05, 3.63) is 72.1 Å². The number of carbonyl (C=O) groups excluding carboxylic acids is 1. The lowest BCUT2D eigenvalue weighted by Crippen LogP contribution is -2.14. The van der Waals surface area contributed by atoms with Gasteiger partial charge in [0.25, 0.3) is 5.91 Å². The minimum absolute atomic E-state index is 0.198. The molecule has 0 spiro atoms. The van der Waals surface area contributed by atoms with Gasteiger partial charge in [-0.1, -0.05) is 12.1 Å². The van der Waals surface area contributed by atoms with E-state index in [2.05, 4.69) is 34.2 Å². The van der Waals surface area contributed by atoms with Crippen LogP contribution in [0, 0.1) is 6.92 Å². The van der Waals surface area contributed by atoms with E-state index >= 15 is 0 Å². The lowest BCUT2D eigenvalue weighted by Gasteiger charge is -2.10. The predicted octanol–water partition coefficient (Wildman–Crippen LogP) is 5.38. The Labute approximate surface area is 178 Å². The molecule has 5 rings (SSSR count). The van der Waals surface area contributed by atoms with Gasteiger partial charge in [0.15, 0.2) is 11.2 Å². The van der Waals surface area contributed by atoms with Crippen LogP contribution < -0.4 is 5.32 Å². The van der Waals surface area contributed by atoms with Gasteiger partial charge in [0, 0.05) is 22.7 Å². The van der Waals surface area contributed by atoms with Crippen LogP contribution in [0.15, 0.2) is 65.2 Å². The van der Waals surface area contributed by atoms with Gasteiger partial charge in [0.1, 0.15) is 5.52 Å². The van der Waals surface area contributed by atoms with Gasteiger partial charge in [-0.05, 0) is 63.2 Å². The predicted molar refractivity (Wildman–Crippen MR) is 120 cm³/mol. The normalized spacial score (nSPS) is 11.5. The van der Waals surface area contributed by atoms with Crippen molar-refractivity contribution in [2.24, 2.45) is 0 Å². The van der Waals surface area contributed by atoms with Gasteiger partial charge in [0.2, 0.25) is 5.89 Å². The van der Waals surface area contributed by atoms with Gasteiger partial charge in [-0.15, -0.1) is 0 Å². The summed E-state index contributed by atoms with van der Waals surface area (Å²) in [7, 11) is 0. The van der Waals surface area contributed by atoms with E-state index in [0.717, 1.165) is 27.7 Å². The van der Waals surface area contributed by atoms with Gasteiger partial charge in [-0.2, -0.15) is 5.10 Å². The van der Waals surface area contributed by atoms with Crippen molar-refractivity contribution < 1.29 is 9.21 Å². The zero-order valence-electron chi connectivity index (χ0n) is 17.5. The number of hydrogen-bond donors (Lipinski definition) is 1. The molecule has 0 aliphatic carbocycles. The van der Waals surface area contributed by atoms with Gasteiger partial charge in [0.05, 0.1) is 17.5 Å². The first-order chi connectivity index (χ1) is 15.0. The smallest absolute Gasteiger partial charge is 0.257 e. The highest BCUT2D eigenvalue weighted by Gasteiger charge is 2.16. The summed E-state index contributed by atoms with van der Waals surface area (Å²) in [5.41, 5.74) is 5.06. The second-order valence-corrected chi connectivity index (χ2v) is 7.74. The molecule has 1 N–H and O–H groups in total. The van der Waals surface area contributed by atoms with Crippen molar-refractivity contribution in [3.8, 4) is 11.5 Å². The maximum absolute atomic E-state index is 12.9. The van der Waals surface area contributed by atoms with Crippen LogP contribution in [0.25, 0.3) is 33.6 Å². The molecule has 154 valence electrons. The molecule has 7 heteroatoms. The summed E-state index contributed by atoms with van der Waals surface area (Å²) in [6.07, 6.45) is 1.74. The molecule has 0 aliphatic heterocycles. The topological polar surface area (TPSA) is 85.8 Å². The molecular weight excluding hydrogens is 390 g/mol. The van der Waals surface area contributed by atoms with E-state index in [-0.39, 0.29) is 11.9 Å². The number of anilines is 1. The summed E-state index contributed by atoms with van der Waals surface area (Å²) in [6, 6.07) is 17.1. The van der Waals surface area contributed by atoms with E-state index in [1.165, 1.54) is 0 Å². The first-order valence-electron chi connectivity index (χ1n) is 10.1. The number of carbonyl (C=O) groups is 1. The molecule has 31 heavy (non-hydrogen) atoms. The Morgan fingerprint density at radius 2 is 1.84 bits per heavy atom. The number of nitrogens with zero attached hydrogens (tertiary/aromatic N) is 4. The fourth-order valence-electron chi connectivity index (χ4n) is 3.56. The lowest BCUT2D eigenvalue weighted by molar-refractivity contribution is 0.102. The Morgan fingerprint density at radius 3 is 2.58 bits per heavy atom. The third-order valence-corrected chi connectivity index (χ3v) is 5.18. The van der Waals surface area contributed by atoms with E-state index in [0.29, 0.717) is 22.8 Å². The summed E-state index contributed by atoms with van der Waals surface area (Å²) in [6.45, 7) is 5.94. The van der Waals surface area contributed by atoms with Crippen molar-refractivity contribution in [2.75, 3.05) is 5.32 Å². The number of aromatic nitrogens is 4. The SMILES string of the molecule is Cc1nc2c(cnn2C(C)C)cc1C(=O)Nc1ccc(-c2nc3ccccc3o2)cc1. The Morgan fingerprint density at radius 1 is 1.06 bits per heavy atom. The Balaban J connectivity index is 1.38. The third kappa shape index (κ3) is 3.44. The van der Waals surface area contributed by atoms with Crippen LogP contribution >= 0.6 is 0 Å². The molecule has 0 radical (unpaired) electrons. The molecule has 0 saturated carbocycles. The second kappa shape index (κ2) is 7.36. The number of rotatable bonds is 4. The molecule has 1 amide bonds. The zero-order chi connectivity index (χ0) is 21.5. The van der Waals surface area contributed by atoms with Crippen LogP contribution in [0.1, 0.15) is 35.9 Å². The molecule has 3 heterocycles. The highest BCUT2D eigenvalue weighted by atomic mass is 16.3. The van der Waals surface area contributed by atoms with Crippen LogP contribution in [0.2, 0.25) is 0 Å². The number of benzene rings is 2. The van der Waals surface area contributed by atoms with Gasteiger partial charge in [-0.3, -0.25) is 4.79 Å². The summed E-state index contributed by atoms with van der Waals surface area (Å²) >= 11 is 0. The lowest BCUT2D eigenvalue weighted by atomic mass is 10.1. The number of nitrogens with one attached hydrogen (secondary N) is 1. The van der Waals surface area contributed by atoms with Crippen molar-refractivity contribution in [3.63, 3.8) is 0 Å².